The third kappa shape index (κ3) is 6.23. The lowest BCUT2D eigenvalue weighted by Gasteiger charge is -2.62. The molecule has 10 rings (SSSR count). The molecule has 0 amide bonds. The van der Waals surface area contributed by atoms with E-state index >= 15 is 0 Å². The van der Waals surface area contributed by atoms with Crippen LogP contribution in [0.1, 0.15) is 106 Å². The summed E-state index contributed by atoms with van der Waals surface area (Å²) in [7, 11) is 0. The molecule has 8 heterocycles. The Bertz CT molecular complexity index is 1370. The van der Waals surface area contributed by atoms with Gasteiger partial charge in [0.2, 0.25) is 16.1 Å². The van der Waals surface area contributed by atoms with Gasteiger partial charge in [0.05, 0.1) is 6.61 Å². The van der Waals surface area contributed by atoms with Gasteiger partial charge in [-0.25, -0.2) is 19.6 Å². The zero-order valence-electron chi connectivity index (χ0n) is 31.0. The van der Waals surface area contributed by atoms with Gasteiger partial charge in [0.25, 0.3) is 5.79 Å². The first-order valence-corrected chi connectivity index (χ1v) is 21.0. The molecule has 0 N–H and O–H groups in total. The first-order chi connectivity index (χ1) is 24.6. The second kappa shape index (κ2) is 13.9. The van der Waals surface area contributed by atoms with Gasteiger partial charge in [0.1, 0.15) is 0 Å². The molecule has 10 fully saturated rings. The van der Waals surface area contributed by atoms with Gasteiger partial charge < -0.3 is 23.7 Å². The minimum Gasteiger partial charge on any atom is -0.342 e. The summed E-state index contributed by atoms with van der Waals surface area (Å²) in [6, 6.07) is 0. The Kier molecular flexibility index (Phi) is 10.8. The first-order valence-electron chi connectivity index (χ1n) is 19.1. The van der Waals surface area contributed by atoms with E-state index in [4.69, 9.17) is 43.2 Å². The average Bonchev–Trinajstić information content (AvgIpc) is 3.45. The second-order valence-electron chi connectivity index (χ2n) is 17.2. The number of rotatable bonds is 5. The van der Waals surface area contributed by atoms with E-state index in [1.165, 1.54) is 0 Å². The first kappa shape index (κ1) is 41.3. The molecule has 0 unspecified atom stereocenters. The van der Waals surface area contributed by atoms with Crippen LogP contribution in [-0.4, -0.2) is 69.9 Å². The molecule has 17 heteroatoms. The van der Waals surface area contributed by atoms with Gasteiger partial charge in [-0.3, -0.25) is 0 Å². The SMILES string of the molecule is C[C@@H]1CC[C@H]2[C@@H](C)[C@](Br)(C(F)(F)F)O[C@@H]3O[C@]4(C)CC[C@@H]1[C@]32OO4.C[C@@H]1CC[C@H]2[C@@H](C)[C@](OCCCCBr)(C(F)(F)F)O[C@@H]3O[C@]4(C)CC[C@@H]1[C@]32OO4. The van der Waals surface area contributed by atoms with E-state index in [1.807, 2.05) is 0 Å². The highest BCUT2D eigenvalue weighted by Gasteiger charge is 2.78. The van der Waals surface area contributed by atoms with E-state index in [-0.39, 0.29) is 30.3 Å². The molecule has 2 aliphatic carbocycles. The number of fused-ring (bicyclic) bond motifs is 4. The summed E-state index contributed by atoms with van der Waals surface area (Å²) >= 11 is 6.17. The van der Waals surface area contributed by atoms with E-state index in [1.54, 1.807) is 27.7 Å². The van der Waals surface area contributed by atoms with Crippen LogP contribution in [0, 0.1) is 47.3 Å². The summed E-state index contributed by atoms with van der Waals surface area (Å²) < 4.78 is 111. The molecule has 10 aliphatic rings. The third-order valence-corrected chi connectivity index (χ3v) is 16.0. The van der Waals surface area contributed by atoms with Crippen molar-refractivity contribution in [3.63, 3.8) is 0 Å². The Morgan fingerprint density at radius 3 is 1.57 bits per heavy atom. The molecule has 0 aromatic carbocycles. The maximum Gasteiger partial charge on any atom is 0.443 e. The molecular formula is C36H52Br2F6O9. The van der Waals surface area contributed by atoms with E-state index < -0.39 is 75.8 Å². The van der Waals surface area contributed by atoms with Crippen LogP contribution >= 0.6 is 31.9 Å². The summed E-state index contributed by atoms with van der Waals surface area (Å²) in [5.74, 6) is -6.81. The van der Waals surface area contributed by atoms with Crippen LogP contribution in [0.4, 0.5) is 26.3 Å². The number of hydrogen-bond donors (Lipinski definition) is 0. The standard InChI is InChI=1S/C20H30BrF3O5.C16H22BrF3O4/c1-12-6-7-15-13(2)19(20(22,23)24,25-11-5-4-10-21)27-16-18(15)14(12)8-9-17(3,26-16)28-29-18;1-8-4-5-11-9(2)15(17,16(18,19)20)22-12-14(11)10(8)6-7-13(3,21-12)23-24-14/h12-16H,4-11H2,1-3H3;8-12H,4-7H2,1-3H3/t12-,13-,14+,15+,16+,17+,18-,19-;8-,9-,10+,11+,12+,13+,14-,15-/m11/s1. The van der Waals surface area contributed by atoms with E-state index in [9.17, 15) is 26.3 Å². The smallest absolute Gasteiger partial charge is 0.342 e. The quantitative estimate of drug-likeness (QED) is 0.116. The molecule has 2 spiro atoms. The number of alkyl halides is 8. The van der Waals surface area contributed by atoms with Crippen LogP contribution in [0.15, 0.2) is 0 Å². The lowest BCUT2D eigenvalue weighted by molar-refractivity contribution is -0.598. The van der Waals surface area contributed by atoms with E-state index in [0.717, 1.165) is 32.1 Å². The summed E-state index contributed by atoms with van der Waals surface area (Å²) in [5.41, 5.74) is -2.02. The lowest BCUT2D eigenvalue weighted by atomic mass is 9.57. The molecule has 9 nitrogen and oxygen atoms in total. The molecule has 0 radical (unpaired) electrons. The van der Waals surface area contributed by atoms with Gasteiger partial charge in [0.15, 0.2) is 23.8 Å². The zero-order valence-corrected chi connectivity index (χ0v) is 34.1. The van der Waals surface area contributed by atoms with Crippen molar-refractivity contribution in [2.24, 2.45) is 47.3 Å². The minimum absolute atomic E-state index is 0.0117. The molecule has 8 aliphatic heterocycles. The molecule has 16 atom stereocenters. The Morgan fingerprint density at radius 2 is 1.09 bits per heavy atom. The van der Waals surface area contributed by atoms with Crippen molar-refractivity contribution in [1.29, 1.82) is 0 Å². The Morgan fingerprint density at radius 1 is 0.604 bits per heavy atom. The van der Waals surface area contributed by atoms with Gasteiger partial charge >= 0.3 is 12.4 Å². The van der Waals surface area contributed by atoms with Crippen molar-refractivity contribution in [3.8, 4) is 0 Å². The normalized spacial score (nSPS) is 53.1. The maximum absolute atomic E-state index is 14.5. The van der Waals surface area contributed by atoms with Crippen LogP contribution in [0.2, 0.25) is 0 Å². The fraction of sp³-hybridized carbons (Fsp3) is 1.00. The fourth-order valence-corrected chi connectivity index (χ4v) is 12.0. The molecule has 0 aromatic rings. The van der Waals surface area contributed by atoms with Gasteiger partial charge in [0, 0.05) is 41.8 Å². The van der Waals surface area contributed by atoms with Gasteiger partial charge in [-0.1, -0.05) is 43.6 Å². The maximum atomic E-state index is 14.5. The van der Waals surface area contributed by atoms with E-state index in [0.29, 0.717) is 43.4 Å². The van der Waals surface area contributed by atoms with Crippen LogP contribution in [0.5, 0.6) is 0 Å². The lowest BCUT2D eigenvalue weighted by Crippen LogP contribution is -2.76. The number of ether oxygens (including phenoxy) is 5. The topological polar surface area (TPSA) is 83.1 Å². The summed E-state index contributed by atoms with van der Waals surface area (Å²) in [6.07, 6.45) is -4.68. The largest absolute Gasteiger partial charge is 0.443 e. The summed E-state index contributed by atoms with van der Waals surface area (Å²) in [4.78, 5) is 23.0. The van der Waals surface area contributed by atoms with Crippen molar-refractivity contribution < 1.29 is 69.6 Å². The fourth-order valence-electron chi connectivity index (χ4n) is 11.1. The molecule has 2 saturated carbocycles. The van der Waals surface area contributed by atoms with Crippen molar-refractivity contribution >= 4 is 31.9 Å². The van der Waals surface area contributed by atoms with Gasteiger partial charge in [-0.05, 0) is 105 Å². The van der Waals surface area contributed by atoms with Crippen molar-refractivity contribution in [1.82, 2.24) is 0 Å². The number of unbranched alkanes of at least 4 members (excludes halogenated alkanes) is 1. The van der Waals surface area contributed by atoms with Crippen molar-refractivity contribution in [2.75, 3.05) is 11.9 Å². The predicted octanol–water partition coefficient (Wildman–Crippen LogP) is 9.84. The third-order valence-electron chi connectivity index (χ3n) is 14.1. The van der Waals surface area contributed by atoms with Crippen LogP contribution in [-0.2, 0) is 43.2 Å². The Balaban J connectivity index is 0.000000167. The van der Waals surface area contributed by atoms with Crippen LogP contribution < -0.4 is 0 Å². The molecule has 53 heavy (non-hydrogen) atoms. The molecule has 8 saturated heterocycles. The molecular weight excluding hydrogens is 850 g/mol. The summed E-state index contributed by atoms with van der Waals surface area (Å²) in [5, 5.41) is 0.715. The molecule has 0 aromatic heterocycles. The monoisotopic (exact) mass is 900 g/mol. The zero-order chi connectivity index (χ0) is 38.6. The van der Waals surface area contributed by atoms with E-state index in [2.05, 4.69) is 45.7 Å². The highest BCUT2D eigenvalue weighted by Crippen LogP contribution is 2.67. The molecule has 306 valence electrons. The Labute approximate surface area is 323 Å². The number of hydrogen-bond acceptors (Lipinski definition) is 9. The van der Waals surface area contributed by atoms with Gasteiger partial charge in [-0.2, -0.15) is 26.3 Å². The Hall–Kier alpha value is 0.180. The summed E-state index contributed by atoms with van der Waals surface area (Å²) in [6.45, 7) is 10.8. The predicted molar refractivity (Wildman–Crippen MR) is 182 cm³/mol. The van der Waals surface area contributed by atoms with Crippen LogP contribution in [0.3, 0.4) is 0 Å². The number of halogens is 8. The van der Waals surface area contributed by atoms with Crippen LogP contribution in [0.25, 0.3) is 0 Å². The minimum atomic E-state index is -4.70. The van der Waals surface area contributed by atoms with Crippen molar-refractivity contribution in [2.45, 2.75) is 164 Å². The van der Waals surface area contributed by atoms with Gasteiger partial charge in [-0.15, -0.1) is 0 Å². The van der Waals surface area contributed by atoms with Crippen molar-refractivity contribution in [3.05, 3.63) is 0 Å². The highest BCUT2D eigenvalue weighted by atomic mass is 79.9. The second-order valence-corrected chi connectivity index (χ2v) is 19.2. The molecule has 4 bridgehead atoms. The highest BCUT2D eigenvalue weighted by molar-refractivity contribution is 9.10. The average molecular weight is 903 g/mol.